The third-order valence-electron chi connectivity index (χ3n) is 0.727. The Hall–Kier alpha value is -0.870. The summed E-state index contributed by atoms with van der Waals surface area (Å²) in [6.45, 7) is 1.82. The van der Waals surface area contributed by atoms with Crippen molar-refractivity contribution in [1.82, 2.24) is 5.32 Å². The number of allylic oxidation sites excluding steroid dienone is 1. The van der Waals surface area contributed by atoms with E-state index in [1.807, 2.05) is 6.73 Å². The van der Waals surface area contributed by atoms with Crippen molar-refractivity contribution in [2.75, 3.05) is 0 Å². The summed E-state index contributed by atoms with van der Waals surface area (Å²) in [4.78, 5) is 0. The molecule has 0 bridgehead atoms. The van der Waals surface area contributed by atoms with Gasteiger partial charge in [0.1, 0.15) is 6.26 Å². The number of halogens is 3. The van der Waals surface area contributed by atoms with Crippen molar-refractivity contribution in [3.05, 3.63) is 18.7 Å². The summed E-state index contributed by atoms with van der Waals surface area (Å²) in [5.74, 6) is 0. The van der Waals surface area contributed by atoms with Crippen molar-refractivity contribution < 1.29 is 17.9 Å². The molecule has 50 valence electrons. The Morgan fingerprint density at radius 1 is 1.56 bits per heavy atom. The van der Waals surface area contributed by atoms with Gasteiger partial charge >= 0.3 is 12.9 Å². The minimum absolute atomic E-state index is 0.556. The van der Waals surface area contributed by atoms with Gasteiger partial charge in [-0.3, -0.25) is 0 Å². The van der Waals surface area contributed by atoms with Crippen LogP contribution in [0.1, 0.15) is 0 Å². The lowest BCUT2D eigenvalue weighted by molar-refractivity contribution is -0.0951. The lowest BCUT2D eigenvalue weighted by Gasteiger charge is -2.03. The van der Waals surface area contributed by atoms with E-state index in [4.69, 9.17) is 0 Å². The van der Waals surface area contributed by atoms with E-state index in [0.717, 1.165) is 0 Å². The molecule has 0 aliphatic carbocycles. The molecule has 0 aromatic rings. The van der Waals surface area contributed by atoms with Gasteiger partial charge in [0.05, 0.1) is 0 Å². The molecular weight excluding hydrogens is 135 g/mol. The van der Waals surface area contributed by atoms with Crippen molar-refractivity contribution in [2.24, 2.45) is 0 Å². The topological polar surface area (TPSA) is 21.3 Å². The SMILES string of the molecule is FC(F)(F)C1=CO[C]N1. The summed E-state index contributed by atoms with van der Waals surface area (Å²) in [6, 6.07) is 0. The highest BCUT2D eigenvalue weighted by Gasteiger charge is 2.36. The lowest BCUT2D eigenvalue weighted by atomic mass is 10.5. The molecule has 1 N–H and O–H groups in total. The highest BCUT2D eigenvalue weighted by molar-refractivity contribution is 5.07. The lowest BCUT2D eigenvalue weighted by Crippen LogP contribution is -2.20. The number of hydrogen-bond donors (Lipinski definition) is 1. The zero-order chi connectivity index (χ0) is 6.91. The summed E-state index contributed by atoms with van der Waals surface area (Å²) >= 11 is 0. The Balaban J connectivity index is 2.61. The smallest absolute Gasteiger partial charge is 0.434 e. The van der Waals surface area contributed by atoms with Gasteiger partial charge < -0.3 is 10.1 Å². The molecule has 0 amide bonds. The van der Waals surface area contributed by atoms with Gasteiger partial charge in [-0.2, -0.15) is 13.2 Å². The molecule has 0 fully saturated rings. The van der Waals surface area contributed by atoms with Crippen LogP contribution in [0.15, 0.2) is 12.0 Å². The number of rotatable bonds is 0. The molecule has 0 atom stereocenters. The second-order valence-corrected chi connectivity index (χ2v) is 1.37. The molecule has 0 unspecified atom stereocenters. The fourth-order valence-corrected chi connectivity index (χ4v) is 0.340. The average Bonchev–Trinajstić information content (AvgIpc) is 2.08. The van der Waals surface area contributed by atoms with Crippen molar-refractivity contribution in [2.45, 2.75) is 6.18 Å². The Labute approximate surface area is 49.3 Å². The van der Waals surface area contributed by atoms with Crippen LogP contribution in [-0.2, 0) is 4.74 Å². The molecule has 1 rings (SSSR count). The van der Waals surface area contributed by atoms with Crippen LogP contribution in [-0.4, -0.2) is 6.18 Å². The highest BCUT2D eigenvalue weighted by Crippen LogP contribution is 2.25. The molecule has 0 aromatic carbocycles. The molecule has 1 aliphatic rings. The number of nitrogens with one attached hydrogen (secondary N) is 1. The molecule has 0 aromatic heterocycles. The van der Waals surface area contributed by atoms with Crippen LogP contribution in [0.5, 0.6) is 0 Å². The molecule has 0 saturated carbocycles. The fraction of sp³-hybridized carbons (Fsp3) is 0.250. The quantitative estimate of drug-likeness (QED) is 0.537. The monoisotopic (exact) mass is 137 g/mol. The molecule has 2 nitrogen and oxygen atoms in total. The molecule has 0 spiro atoms. The van der Waals surface area contributed by atoms with Crippen molar-refractivity contribution >= 4 is 0 Å². The van der Waals surface area contributed by atoms with E-state index in [0.29, 0.717) is 6.26 Å². The minimum atomic E-state index is -4.36. The van der Waals surface area contributed by atoms with Gasteiger partial charge in [-0.15, -0.1) is 0 Å². The molecule has 1 aliphatic heterocycles. The van der Waals surface area contributed by atoms with Gasteiger partial charge in [-0.05, 0) is 0 Å². The molecule has 9 heavy (non-hydrogen) atoms. The standard InChI is InChI=1S/C4H2F3NO/c5-4(6,7)3-1-9-2-8-3/h1,8H. The van der Waals surface area contributed by atoms with Gasteiger partial charge in [0.2, 0.25) is 0 Å². The molecule has 0 saturated heterocycles. The Kier molecular flexibility index (Phi) is 1.27. The van der Waals surface area contributed by atoms with E-state index in [-0.39, 0.29) is 0 Å². The summed E-state index contributed by atoms with van der Waals surface area (Å²) < 4.78 is 38.6. The maximum absolute atomic E-state index is 11.5. The number of alkyl halides is 3. The normalized spacial score (nSPS) is 18.3. The molecule has 5 heteroatoms. The second-order valence-electron chi connectivity index (χ2n) is 1.37. The van der Waals surface area contributed by atoms with Crippen LogP contribution in [0.2, 0.25) is 0 Å². The van der Waals surface area contributed by atoms with E-state index in [9.17, 15) is 13.2 Å². The summed E-state index contributed by atoms with van der Waals surface area (Å²) in [7, 11) is 0. The first-order chi connectivity index (χ1) is 4.11. The summed E-state index contributed by atoms with van der Waals surface area (Å²) in [5.41, 5.74) is -0.928. The van der Waals surface area contributed by atoms with E-state index in [1.165, 1.54) is 0 Å². The molecular formula is C4H2F3NO. The van der Waals surface area contributed by atoms with E-state index >= 15 is 0 Å². The average molecular weight is 137 g/mol. The summed E-state index contributed by atoms with van der Waals surface area (Å²) in [6.07, 6.45) is -3.80. The first-order valence-corrected chi connectivity index (χ1v) is 2.05. The molecule has 2 radical (unpaired) electrons. The maximum Gasteiger partial charge on any atom is 0.434 e. The van der Waals surface area contributed by atoms with E-state index in [2.05, 4.69) is 4.74 Å². The second kappa shape index (κ2) is 1.82. The van der Waals surface area contributed by atoms with Crippen LogP contribution in [0, 0.1) is 6.73 Å². The first-order valence-electron chi connectivity index (χ1n) is 2.05. The Morgan fingerprint density at radius 3 is 2.44 bits per heavy atom. The van der Waals surface area contributed by atoms with Gasteiger partial charge in [0, 0.05) is 0 Å². The first kappa shape index (κ1) is 6.25. The van der Waals surface area contributed by atoms with Crippen LogP contribution in [0.3, 0.4) is 0 Å². The predicted octanol–water partition coefficient (Wildman–Crippen LogP) is 1.01. The van der Waals surface area contributed by atoms with Crippen LogP contribution in [0.4, 0.5) is 13.2 Å². The van der Waals surface area contributed by atoms with E-state index < -0.39 is 11.9 Å². The zero-order valence-corrected chi connectivity index (χ0v) is 4.12. The predicted molar refractivity (Wildman–Crippen MR) is 21.6 cm³/mol. The van der Waals surface area contributed by atoms with Crippen molar-refractivity contribution in [3.8, 4) is 0 Å². The van der Waals surface area contributed by atoms with Gasteiger partial charge in [0.25, 0.3) is 0 Å². The van der Waals surface area contributed by atoms with Crippen LogP contribution >= 0.6 is 0 Å². The maximum atomic E-state index is 11.5. The third-order valence-corrected chi connectivity index (χ3v) is 0.727. The van der Waals surface area contributed by atoms with Gasteiger partial charge in [-0.1, -0.05) is 0 Å². The van der Waals surface area contributed by atoms with Gasteiger partial charge in [-0.25, -0.2) is 0 Å². The van der Waals surface area contributed by atoms with Crippen LogP contribution < -0.4 is 5.32 Å². The largest absolute Gasteiger partial charge is 0.461 e. The fourth-order valence-electron chi connectivity index (χ4n) is 0.340. The highest BCUT2D eigenvalue weighted by atomic mass is 19.4. The third kappa shape index (κ3) is 1.28. The van der Waals surface area contributed by atoms with Crippen LogP contribution in [0.25, 0.3) is 0 Å². The molecule has 1 heterocycles. The van der Waals surface area contributed by atoms with Gasteiger partial charge in [0.15, 0.2) is 5.70 Å². The van der Waals surface area contributed by atoms with Crippen molar-refractivity contribution in [3.63, 3.8) is 0 Å². The summed E-state index contributed by atoms with van der Waals surface area (Å²) in [5, 5.41) is 1.76. The minimum Gasteiger partial charge on any atom is -0.461 e. The number of hydrogen-bond acceptors (Lipinski definition) is 2. The van der Waals surface area contributed by atoms with Crippen molar-refractivity contribution in [1.29, 1.82) is 0 Å². The Bertz CT molecular complexity index is 139. The number of ether oxygens (including phenoxy) is 1. The van der Waals surface area contributed by atoms with E-state index in [1.54, 1.807) is 5.32 Å². The Morgan fingerprint density at radius 2 is 2.22 bits per heavy atom. The zero-order valence-electron chi connectivity index (χ0n) is 4.12.